The summed E-state index contributed by atoms with van der Waals surface area (Å²) < 4.78 is 53.5. The Hall–Kier alpha value is -5.40. The largest absolute Gasteiger partial charge is 0.497 e. The van der Waals surface area contributed by atoms with Crippen LogP contribution in [0.4, 0.5) is 0 Å². The fourth-order valence-electron chi connectivity index (χ4n) is 7.48. The Morgan fingerprint density at radius 1 is 0.839 bits per heavy atom. The third-order valence-corrected chi connectivity index (χ3v) is 12.3. The number of nitriles is 1. The molecule has 0 spiro atoms. The maximum atomic E-state index is 13.6. The molecular formula is C45H55N4O12P. The summed E-state index contributed by atoms with van der Waals surface area (Å²) in [6.07, 6.45) is -5.60. The van der Waals surface area contributed by atoms with Gasteiger partial charge in [0.1, 0.15) is 29.3 Å². The zero-order valence-electron chi connectivity index (χ0n) is 36.4. The van der Waals surface area contributed by atoms with E-state index in [9.17, 15) is 24.4 Å². The molecule has 0 saturated carbocycles. The van der Waals surface area contributed by atoms with Gasteiger partial charge in [0, 0.05) is 37.7 Å². The molecule has 1 N–H and O–H groups in total. The van der Waals surface area contributed by atoms with Crippen LogP contribution in [0, 0.1) is 18.3 Å². The van der Waals surface area contributed by atoms with Gasteiger partial charge in [0.15, 0.2) is 18.4 Å². The quantitative estimate of drug-likeness (QED) is 0.0479. The summed E-state index contributed by atoms with van der Waals surface area (Å²) in [5.41, 5.74) is -0.567. The predicted octanol–water partition coefficient (Wildman–Crippen LogP) is 6.29. The number of benzene rings is 3. The highest BCUT2D eigenvalue weighted by atomic mass is 31.2. The molecule has 5 rings (SSSR count). The van der Waals surface area contributed by atoms with Crippen LogP contribution >= 0.6 is 8.53 Å². The van der Waals surface area contributed by atoms with Crippen LogP contribution in [0.25, 0.3) is 0 Å². The number of methoxy groups -OCH3 is 2. The molecule has 4 aromatic rings. The van der Waals surface area contributed by atoms with E-state index >= 15 is 0 Å². The first-order valence-electron chi connectivity index (χ1n) is 20.2. The zero-order chi connectivity index (χ0) is 45.1. The number of esters is 2. The summed E-state index contributed by atoms with van der Waals surface area (Å²) in [7, 11) is 1.10. The number of hydrogen-bond donors (Lipinski definition) is 1. The van der Waals surface area contributed by atoms with E-state index < -0.39 is 68.0 Å². The van der Waals surface area contributed by atoms with Crippen LogP contribution in [-0.4, -0.2) is 90.1 Å². The van der Waals surface area contributed by atoms with Gasteiger partial charge in [-0.2, -0.15) is 5.26 Å². The number of carbonyl (C=O) groups is 2. The minimum atomic E-state index is -2.05. The summed E-state index contributed by atoms with van der Waals surface area (Å²) in [5.74, 6) is -0.293. The lowest BCUT2D eigenvalue weighted by atomic mass is 9.80. The molecule has 0 amide bonds. The third-order valence-electron chi connectivity index (χ3n) is 10.1. The van der Waals surface area contributed by atoms with Crippen LogP contribution < -0.4 is 20.7 Å². The second kappa shape index (κ2) is 21.6. The van der Waals surface area contributed by atoms with Gasteiger partial charge in [-0.25, -0.2) is 9.46 Å². The standard InChI is InChI=1S/C45H55N4O12P/c1-28(2)49(29(3)4)62(57-25-13-24-46)61-39-38(60-43(48-26-30(5)42(52)47-44(48)53)41(59-32(7)51)40(39)58-31(6)50)27-56-45(33-14-11-10-12-15-33,34-16-20-36(54-8)21-17-34)35-18-22-37(55-9)23-19-35/h10-12,14-23,26,28-29,38-41,43H,13,25,27H2,1-9H3,(H,47,52,53)/t38-,39-,40+,41-,43-,62?/m1/s1. The Labute approximate surface area is 362 Å². The molecule has 1 aliphatic heterocycles. The molecule has 16 nitrogen and oxygen atoms in total. The molecule has 1 aliphatic rings. The van der Waals surface area contributed by atoms with E-state index in [1.54, 1.807) is 14.2 Å². The number of nitrogens with one attached hydrogen (secondary N) is 1. The van der Waals surface area contributed by atoms with Gasteiger partial charge in [0.2, 0.25) is 0 Å². The number of rotatable bonds is 19. The normalized spacial score (nSPS) is 19.5. The van der Waals surface area contributed by atoms with Gasteiger partial charge in [-0.1, -0.05) is 54.6 Å². The summed E-state index contributed by atoms with van der Waals surface area (Å²) in [4.78, 5) is 54.6. The van der Waals surface area contributed by atoms with E-state index in [0.717, 1.165) is 10.1 Å². The van der Waals surface area contributed by atoms with Crippen LogP contribution in [-0.2, 0) is 43.2 Å². The van der Waals surface area contributed by atoms with Crippen molar-refractivity contribution in [1.29, 1.82) is 5.26 Å². The van der Waals surface area contributed by atoms with Gasteiger partial charge in [0.05, 0.1) is 39.9 Å². The molecule has 1 aromatic heterocycles. The van der Waals surface area contributed by atoms with Gasteiger partial charge in [0.25, 0.3) is 14.1 Å². The molecule has 332 valence electrons. The lowest BCUT2D eigenvalue weighted by Crippen LogP contribution is -2.61. The third kappa shape index (κ3) is 11.0. The zero-order valence-corrected chi connectivity index (χ0v) is 37.3. The molecule has 2 heterocycles. The fraction of sp³-hybridized carbons (Fsp3) is 0.444. The number of aromatic amines is 1. The summed E-state index contributed by atoms with van der Waals surface area (Å²) in [5, 5.41) is 9.46. The molecule has 1 unspecified atom stereocenters. The second-order valence-corrected chi connectivity index (χ2v) is 16.5. The highest BCUT2D eigenvalue weighted by Crippen LogP contribution is 2.51. The monoisotopic (exact) mass is 874 g/mol. The fourth-order valence-corrected chi connectivity index (χ4v) is 9.25. The second-order valence-electron chi connectivity index (χ2n) is 15.1. The Kier molecular flexibility index (Phi) is 16.6. The average molecular weight is 875 g/mol. The van der Waals surface area contributed by atoms with Gasteiger partial charge in [-0.05, 0) is 75.6 Å². The maximum Gasteiger partial charge on any atom is 0.330 e. The number of carbonyl (C=O) groups excluding carboxylic acids is 2. The summed E-state index contributed by atoms with van der Waals surface area (Å²) >= 11 is 0. The van der Waals surface area contributed by atoms with Gasteiger partial charge < -0.3 is 37.5 Å². The van der Waals surface area contributed by atoms with E-state index in [-0.39, 0.29) is 37.3 Å². The van der Waals surface area contributed by atoms with Crippen molar-refractivity contribution in [3.05, 3.63) is 128 Å². The number of H-pyrrole nitrogens is 1. The maximum absolute atomic E-state index is 13.6. The number of aromatic nitrogens is 2. The average Bonchev–Trinajstić information content (AvgIpc) is 3.24. The minimum Gasteiger partial charge on any atom is -0.497 e. The van der Waals surface area contributed by atoms with Crippen LogP contribution in [0.3, 0.4) is 0 Å². The van der Waals surface area contributed by atoms with Crippen LogP contribution in [0.2, 0.25) is 0 Å². The van der Waals surface area contributed by atoms with Gasteiger partial charge in [-0.3, -0.25) is 23.9 Å². The van der Waals surface area contributed by atoms with E-state index in [4.69, 9.17) is 37.5 Å². The molecular weight excluding hydrogens is 819 g/mol. The SMILES string of the molecule is COc1ccc(C(OC[C@H]2O[C@@H](n3cc(C)c(=O)[nH]c3=O)[C@H](OC(C)=O)[C@@H](OC(C)=O)[C@@H]2OP(OCCC#N)N(C(C)C)C(C)C)(c2ccccc2)c2ccc(OC)cc2)cc1. The Morgan fingerprint density at radius 3 is 1.87 bits per heavy atom. The number of nitrogens with zero attached hydrogens (tertiary/aromatic N) is 3. The molecule has 6 atom stereocenters. The molecule has 3 aromatic carbocycles. The molecule has 1 saturated heterocycles. The van der Waals surface area contributed by atoms with Crippen molar-refractivity contribution in [2.75, 3.05) is 27.4 Å². The van der Waals surface area contributed by atoms with Crippen LogP contribution in [0.5, 0.6) is 11.5 Å². The Morgan fingerprint density at radius 2 is 1.37 bits per heavy atom. The van der Waals surface area contributed by atoms with E-state index in [0.29, 0.717) is 22.6 Å². The highest BCUT2D eigenvalue weighted by Gasteiger charge is 2.54. The van der Waals surface area contributed by atoms with Gasteiger partial charge in [-0.15, -0.1) is 0 Å². The van der Waals surface area contributed by atoms with Crippen molar-refractivity contribution < 1.29 is 47.1 Å². The van der Waals surface area contributed by atoms with E-state index in [1.807, 2.05) is 111 Å². The lowest BCUT2D eigenvalue weighted by Gasteiger charge is -2.48. The summed E-state index contributed by atoms with van der Waals surface area (Å²) in [6.45, 7) is 11.4. The number of hydrogen-bond acceptors (Lipinski definition) is 14. The van der Waals surface area contributed by atoms with Crippen molar-refractivity contribution in [2.24, 2.45) is 0 Å². The highest BCUT2D eigenvalue weighted by molar-refractivity contribution is 7.44. The van der Waals surface area contributed by atoms with Crippen molar-refractivity contribution in [2.45, 2.75) is 103 Å². The van der Waals surface area contributed by atoms with Crippen LogP contribution in [0.1, 0.15) is 76.4 Å². The first kappa shape index (κ1) is 47.6. The van der Waals surface area contributed by atoms with Crippen molar-refractivity contribution >= 4 is 20.5 Å². The lowest BCUT2D eigenvalue weighted by molar-refractivity contribution is -0.265. The molecule has 0 aliphatic carbocycles. The Balaban J connectivity index is 1.78. The molecule has 0 bridgehead atoms. The first-order valence-corrected chi connectivity index (χ1v) is 21.3. The first-order chi connectivity index (χ1) is 29.6. The Bertz CT molecular complexity index is 2200. The van der Waals surface area contributed by atoms with Crippen molar-refractivity contribution in [3.63, 3.8) is 0 Å². The van der Waals surface area contributed by atoms with Crippen LogP contribution in [0.15, 0.2) is 94.6 Å². The molecule has 1 fully saturated rings. The van der Waals surface area contributed by atoms with Crippen molar-refractivity contribution in [1.82, 2.24) is 14.2 Å². The topological polar surface area (TPSA) is 190 Å². The molecule has 17 heteroatoms. The smallest absolute Gasteiger partial charge is 0.330 e. The van der Waals surface area contributed by atoms with E-state index in [1.165, 1.54) is 27.0 Å². The molecule has 0 radical (unpaired) electrons. The predicted molar refractivity (Wildman–Crippen MR) is 229 cm³/mol. The number of ether oxygens (including phenoxy) is 6. The van der Waals surface area contributed by atoms with Crippen molar-refractivity contribution in [3.8, 4) is 17.6 Å². The number of aryl methyl sites for hydroxylation is 1. The van der Waals surface area contributed by atoms with Gasteiger partial charge >= 0.3 is 17.6 Å². The minimum absolute atomic E-state index is 0.0131. The molecule has 62 heavy (non-hydrogen) atoms. The summed E-state index contributed by atoms with van der Waals surface area (Å²) in [6, 6.07) is 26.2. The van der Waals surface area contributed by atoms with E-state index in [2.05, 4.69) is 11.1 Å².